The molecular formula is C9H13S. The van der Waals surface area contributed by atoms with Crippen LogP contribution in [0.5, 0.6) is 0 Å². The lowest BCUT2D eigenvalue weighted by Crippen LogP contribution is -1.87. The summed E-state index contributed by atoms with van der Waals surface area (Å²) >= 11 is 1.76. The minimum atomic E-state index is 0.778. The van der Waals surface area contributed by atoms with Crippen molar-refractivity contribution in [3.63, 3.8) is 0 Å². The van der Waals surface area contributed by atoms with E-state index in [0.717, 1.165) is 5.92 Å². The highest BCUT2D eigenvalue weighted by Crippen LogP contribution is 2.13. The molecule has 1 aromatic rings. The van der Waals surface area contributed by atoms with Crippen LogP contribution >= 0.6 is 11.3 Å². The highest BCUT2D eigenvalue weighted by molar-refractivity contribution is 7.08. The molecule has 0 amide bonds. The van der Waals surface area contributed by atoms with Gasteiger partial charge in [-0.1, -0.05) is 13.8 Å². The van der Waals surface area contributed by atoms with Gasteiger partial charge in [0.2, 0.25) is 0 Å². The van der Waals surface area contributed by atoms with E-state index in [0.29, 0.717) is 0 Å². The molecule has 1 rings (SSSR count). The van der Waals surface area contributed by atoms with Crippen LogP contribution in [0.25, 0.3) is 0 Å². The third-order valence-corrected chi connectivity index (χ3v) is 2.07. The standard InChI is InChI=1S/C9H13S/c1-8(2)3-4-9-5-6-10-7-9/h4-8H,3H2,1-2H3. The molecule has 0 spiro atoms. The van der Waals surface area contributed by atoms with Crippen LogP contribution in [0.2, 0.25) is 0 Å². The lowest BCUT2D eigenvalue weighted by atomic mass is 10.1. The summed E-state index contributed by atoms with van der Waals surface area (Å²) < 4.78 is 0. The van der Waals surface area contributed by atoms with Crippen LogP contribution < -0.4 is 0 Å². The summed E-state index contributed by atoms with van der Waals surface area (Å²) in [5.74, 6) is 0.778. The van der Waals surface area contributed by atoms with Crippen LogP contribution in [-0.2, 0) is 0 Å². The minimum absolute atomic E-state index is 0.778. The van der Waals surface area contributed by atoms with Crippen molar-refractivity contribution in [3.8, 4) is 0 Å². The zero-order valence-corrected chi connectivity index (χ0v) is 7.32. The lowest BCUT2D eigenvalue weighted by molar-refractivity contribution is 0.644. The maximum Gasteiger partial charge on any atom is -0.00582 e. The van der Waals surface area contributed by atoms with Crippen LogP contribution in [0.3, 0.4) is 0 Å². The maximum absolute atomic E-state index is 2.29. The van der Waals surface area contributed by atoms with Gasteiger partial charge in [-0.15, -0.1) is 0 Å². The average molecular weight is 153 g/mol. The highest BCUT2D eigenvalue weighted by atomic mass is 32.1. The first kappa shape index (κ1) is 7.80. The Kier molecular flexibility index (Phi) is 2.94. The summed E-state index contributed by atoms with van der Waals surface area (Å²) in [6.07, 6.45) is 3.48. The Morgan fingerprint density at radius 1 is 1.60 bits per heavy atom. The third kappa shape index (κ3) is 2.53. The molecule has 1 heterocycles. The van der Waals surface area contributed by atoms with Crippen LogP contribution in [0, 0.1) is 12.3 Å². The fourth-order valence-electron chi connectivity index (χ4n) is 0.763. The molecule has 1 aromatic heterocycles. The van der Waals surface area contributed by atoms with E-state index in [1.807, 2.05) is 0 Å². The summed E-state index contributed by atoms with van der Waals surface area (Å²) in [6, 6.07) is 2.16. The predicted octanol–water partition coefficient (Wildman–Crippen LogP) is 3.35. The summed E-state index contributed by atoms with van der Waals surface area (Å²) in [5.41, 5.74) is 1.37. The van der Waals surface area contributed by atoms with E-state index in [1.54, 1.807) is 11.3 Å². The smallest absolute Gasteiger partial charge is 0.00582 e. The topological polar surface area (TPSA) is 0 Å². The van der Waals surface area contributed by atoms with E-state index >= 15 is 0 Å². The van der Waals surface area contributed by atoms with E-state index in [2.05, 4.69) is 37.1 Å². The van der Waals surface area contributed by atoms with Crippen molar-refractivity contribution in [2.24, 2.45) is 5.92 Å². The van der Waals surface area contributed by atoms with Gasteiger partial charge in [0.1, 0.15) is 0 Å². The molecule has 1 radical (unpaired) electrons. The maximum atomic E-state index is 2.29. The van der Waals surface area contributed by atoms with Gasteiger partial charge < -0.3 is 0 Å². The van der Waals surface area contributed by atoms with Gasteiger partial charge in [-0.05, 0) is 41.1 Å². The van der Waals surface area contributed by atoms with Gasteiger partial charge >= 0.3 is 0 Å². The van der Waals surface area contributed by atoms with Crippen LogP contribution in [0.4, 0.5) is 0 Å². The second-order valence-corrected chi connectivity index (χ2v) is 3.67. The number of hydrogen-bond acceptors (Lipinski definition) is 1. The van der Waals surface area contributed by atoms with E-state index in [9.17, 15) is 0 Å². The quantitative estimate of drug-likeness (QED) is 0.624. The first-order chi connectivity index (χ1) is 4.79. The largest absolute Gasteiger partial charge is 0.152 e. The van der Waals surface area contributed by atoms with E-state index in [1.165, 1.54) is 12.0 Å². The van der Waals surface area contributed by atoms with Crippen molar-refractivity contribution in [1.82, 2.24) is 0 Å². The van der Waals surface area contributed by atoms with Gasteiger partial charge in [0.15, 0.2) is 0 Å². The zero-order valence-electron chi connectivity index (χ0n) is 6.50. The van der Waals surface area contributed by atoms with Crippen LogP contribution in [-0.4, -0.2) is 0 Å². The van der Waals surface area contributed by atoms with Gasteiger partial charge in [-0.2, -0.15) is 11.3 Å². The fourth-order valence-corrected chi connectivity index (χ4v) is 1.41. The molecule has 55 valence electrons. The summed E-state index contributed by atoms with van der Waals surface area (Å²) in [7, 11) is 0. The molecular weight excluding hydrogens is 140 g/mol. The molecule has 10 heavy (non-hydrogen) atoms. The summed E-state index contributed by atoms with van der Waals surface area (Å²) in [4.78, 5) is 0. The lowest BCUT2D eigenvalue weighted by Gasteiger charge is -2.00. The summed E-state index contributed by atoms with van der Waals surface area (Å²) in [6.45, 7) is 4.48. The molecule has 1 heteroatoms. The van der Waals surface area contributed by atoms with Crippen molar-refractivity contribution >= 4 is 11.3 Å². The molecule has 0 nitrogen and oxygen atoms in total. The Balaban J connectivity index is 2.28. The van der Waals surface area contributed by atoms with E-state index in [4.69, 9.17) is 0 Å². The van der Waals surface area contributed by atoms with Crippen LogP contribution in [0.1, 0.15) is 25.8 Å². The Bertz CT molecular complexity index is 163. The Hall–Kier alpha value is -0.300. The molecule has 0 aromatic carbocycles. The molecule has 0 N–H and O–H groups in total. The first-order valence-electron chi connectivity index (χ1n) is 3.64. The van der Waals surface area contributed by atoms with E-state index in [-0.39, 0.29) is 0 Å². The van der Waals surface area contributed by atoms with Gasteiger partial charge in [0.05, 0.1) is 0 Å². The van der Waals surface area contributed by atoms with Crippen molar-refractivity contribution in [3.05, 3.63) is 28.8 Å². The monoisotopic (exact) mass is 153 g/mol. The molecule has 0 fully saturated rings. The molecule has 0 saturated carbocycles. The van der Waals surface area contributed by atoms with E-state index < -0.39 is 0 Å². The van der Waals surface area contributed by atoms with Gasteiger partial charge in [-0.25, -0.2) is 0 Å². The SMILES string of the molecule is CC(C)C[CH]c1ccsc1. The second-order valence-electron chi connectivity index (χ2n) is 2.89. The predicted molar refractivity (Wildman–Crippen MR) is 47.2 cm³/mol. The Labute approximate surface area is 66.9 Å². The Morgan fingerprint density at radius 2 is 2.40 bits per heavy atom. The van der Waals surface area contributed by atoms with Crippen molar-refractivity contribution in [1.29, 1.82) is 0 Å². The molecule has 0 aliphatic rings. The fraction of sp³-hybridized carbons (Fsp3) is 0.444. The molecule has 0 unspecified atom stereocenters. The first-order valence-corrected chi connectivity index (χ1v) is 4.58. The molecule has 0 saturated heterocycles. The molecule has 0 bridgehead atoms. The van der Waals surface area contributed by atoms with Crippen molar-refractivity contribution in [2.45, 2.75) is 20.3 Å². The molecule has 0 aliphatic heterocycles. The van der Waals surface area contributed by atoms with Crippen molar-refractivity contribution in [2.75, 3.05) is 0 Å². The number of hydrogen-bond donors (Lipinski definition) is 0. The number of thiophene rings is 1. The van der Waals surface area contributed by atoms with Gasteiger partial charge in [0, 0.05) is 0 Å². The second kappa shape index (κ2) is 3.77. The van der Waals surface area contributed by atoms with Gasteiger partial charge in [-0.3, -0.25) is 0 Å². The highest BCUT2D eigenvalue weighted by Gasteiger charge is 1.96. The molecule has 0 aliphatic carbocycles. The van der Waals surface area contributed by atoms with Gasteiger partial charge in [0.25, 0.3) is 0 Å². The average Bonchev–Trinajstić information content (AvgIpc) is 2.34. The third-order valence-electron chi connectivity index (χ3n) is 1.37. The van der Waals surface area contributed by atoms with Crippen molar-refractivity contribution < 1.29 is 0 Å². The normalized spacial score (nSPS) is 10.7. The number of rotatable bonds is 3. The summed E-state index contributed by atoms with van der Waals surface area (Å²) in [5, 5.41) is 4.30. The Morgan fingerprint density at radius 3 is 2.90 bits per heavy atom. The molecule has 0 atom stereocenters. The van der Waals surface area contributed by atoms with Crippen LogP contribution in [0.15, 0.2) is 16.8 Å². The minimum Gasteiger partial charge on any atom is -0.152 e. The zero-order chi connectivity index (χ0) is 7.40.